The van der Waals surface area contributed by atoms with Crippen LogP contribution in [0.3, 0.4) is 0 Å². The van der Waals surface area contributed by atoms with Crippen molar-refractivity contribution >= 4 is 28.4 Å². The molecule has 5 heteroatoms. The number of alkyl halides is 1. The van der Waals surface area contributed by atoms with Gasteiger partial charge in [-0.3, -0.25) is 4.79 Å². The molecule has 0 aliphatic carbocycles. The molecule has 1 heterocycles. The van der Waals surface area contributed by atoms with Crippen LogP contribution in [0.1, 0.15) is 43.1 Å². The highest BCUT2D eigenvalue weighted by molar-refractivity contribution is 6.19. The van der Waals surface area contributed by atoms with Crippen molar-refractivity contribution in [2.75, 3.05) is 19.0 Å². The lowest BCUT2D eigenvalue weighted by Gasteiger charge is -2.10. The van der Waals surface area contributed by atoms with Crippen molar-refractivity contribution in [1.82, 2.24) is 10.3 Å². The fourth-order valence-electron chi connectivity index (χ4n) is 2.43. The number of rotatable bonds is 10. The summed E-state index contributed by atoms with van der Waals surface area (Å²) in [6, 6.07) is 9.31. The van der Waals surface area contributed by atoms with Crippen LogP contribution in [-0.2, 0) is 0 Å². The number of pyridine rings is 1. The normalized spacial score (nSPS) is 10.6. The molecule has 0 aliphatic heterocycles. The fraction of sp³-hybridized carbons (Fsp3) is 0.400. The van der Waals surface area contributed by atoms with Crippen LogP contribution in [0.15, 0.2) is 42.5 Å². The number of carbonyl (C=O) groups excluding carboxylic acids is 1. The second-order valence-electron chi connectivity index (χ2n) is 6.01. The topological polar surface area (TPSA) is 51.2 Å². The van der Waals surface area contributed by atoms with Gasteiger partial charge >= 0.3 is 0 Å². The highest BCUT2D eigenvalue weighted by atomic mass is 35.5. The molecule has 1 aromatic carbocycles. The molecule has 1 aromatic heterocycles. The first-order valence-corrected chi connectivity index (χ1v) is 9.22. The van der Waals surface area contributed by atoms with E-state index < -0.39 is 0 Å². The van der Waals surface area contributed by atoms with Gasteiger partial charge in [0.2, 0.25) is 0 Å². The van der Waals surface area contributed by atoms with Gasteiger partial charge in [-0.25, -0.2) is 4.98 Å². The Bertz CT molecular complexity index is 731. The van der Waals surface area contributed by atoms with Gasteiger partial charge in [-0.1, -0.05) is 51.0 Å². The lowest BCUT2D eigenvalue weighted by molar-refractivity contribution is 0.0948. The third-order valence-electron chi connectivity index (χ3n) is 3.85. The van der Waals surface area contributed by atoms with Crippen LogP contribution in [-0.4, -0.2) is 29.9 Å². The number of fused-ring (bicyclic) bond motifs is 1. The van der Waals surface area contributed by atoms with E-state index in [1.54, 1.807) is 6.07 Å². The van der Waals surface area contributed by atoms with Crippen LogP contribution in [0.25, 0.3) is 10.9 Å². The summed E-state index contributed by atoms with van der Waals surface area (Å²) in [6.45, 7) is 7.00. The van der Waals surface area contributed by atoms with Crippen molar-refractivity contribution in [3.63, 3.8) is 0 Å². The quantitative estimate of drug-likeness (QED) is 0.379. The fourth-order valence-corrected chi connectivity index (χ4v) is 2.50. The molecule has 0 saturated carbocycles. The number of aromatic nitrogens is 1. The number of nitrogens with one attached hydrogen (secondary N) is 1. The average molecular weight is 361 g/mol. The maximum absolute atomic E-state index is 12.3. The minimum atomic E-state index is -0.154. The van der Waals surface area contributed by atoms with Gasteiger partial charge in [0.15, 0.2) is 0 Å². The van der Waals surface area contributed by atoms with Crippen LogP contribution in [0.4, 0.5) is 0 Å². The summed E-state index contributed by atoms with van der Waals surface area (Å²) in [5.74, 6) is 0.823. The molecule has 134 valence electrons. The molecule has 2 rings (SSSR count). The van der Waals surface area contributed by atoms with E-state index in [9.17, 15) is 4.79 Å². The van der Waals surface area contributed by atoms with E-state index in [1.807, 2.05) is 24.3 Å². The average Bonchev–Trinajstić information content (AvgIpc) is 2.65. The first kappa shape index (κ1) is 19.3. The zero-order chi connectivity index (χ0) is 18.1. The van der Waals surface area contributed by atoms with Crippen molar-refractivity contribution in [3.05, 3.63) is 48.2 Å². The smallest absolute Gasteiger partial charge is 0.269 e. The number of amides is 1. The Kier molecular flexibility index (Phi) is 7.74. The Hall–Kier alpha value is -2.07. The van der Waals surface area contributed by atoms with Gasteiger partial charge in [0, 0.05) is 17.8 Å². The lowest BCUT2D eigenvalue weighted by Crippen LogP contribution is -2.25. The number of ether oxygens (including phenoxy) is 1. The number of unbranched alkanes of at least 4 members (excludes halogenated alkanes) is 3. The molecule has 1 N–H and O–H groups in total. The van der Waals surface area contributed by atoms with Crippen molar-refractivity contribution < 1.29 is 9.53 Å². The van der Waals surface area contributed by atoms with E-state index in [-0.39, 0.29) is 5.91 Å². The zero-order valence-electron chi connectivity index (χ0n) is 14.7. The molecule has 0 saturated heterocycles. The highest BCUT2D eigenvalue weighted by Gasteiger charge is 2.10. The molecule has 0 radical (unpaired) electrons. The van der Waals surface area contributed by atoms with Crippen LogP contribution in [0.5, 0.6) is 5.75 Å². The van der Waals surface area contributed by atoms with Gasteiger partial charge in [0.25, 0.3) is 5.91 Å². The van der Waals surface area contributed by atoms with E-state index in [1.165, 1.54) is 12.8 Å². The molecule has 25 heavy (non-hydrogen) atoms. The van der Waals surface area contributed by atoms with Crippen molar-refractivity contribution in [3.8, 4) is 5.75 Å². The number of hydrogen-bond donors (Lipinski definition) is 1. The summed E-state index contributed by atoms with van der Waals surface area (Å²) in [7, 11) is 0. The number of benzene rings is 1. The molecular weight excluding hydrogens is 336 g/mol. The Labute approximate surface area is 154 Å². The Balaban J connectivity index is 2.08. The van der Waals surface area contributed by atoms with Crippen LogP contribution in [0, 0.1) is 0 Å². The standard InChI is InChI=1S/C20H25ClN2O2/c1-3-4-5-6-12-22-20(24)17-11-10-16-8-7-9-18(19(16)23-17)25-14-15(2)13-21/h7-11H,2-6,12-14H2,1H3,(H,22,24). The van der Waals surface area contributed by atoms with E-state index >= 15 is 0 Å². The molecule has 0 aliphatic rings. The van der Waals surface area contributed by atoms with Crippen molar-refractivity contribution in [1.29, 1.82) is 0 Å². The summed E-state index contributed by atoms with van der Waals surface area (Å²) in [4.78, 5) is 16.8. The summed E-state index contributed by atoms with van der Waals surface area (Å²) < 4.78 is 5.75. The van der Waals surface area contributed by atoms with Gasteiger partial charge in [-0.2, -0.15) is 0 Å². The van der Waals surface area contributed by atoms with Crippen molar-refractivity contribution in [2.45, 2.75) is 32.6 Å². The van der Waals surface area contributed by atoms with Crippen LogP contribution < -0.4 is 10.1 Å². The van der Waals surface area contributed by atoms with E-state index in [2.05, 4.69) is 23.8 Å². The minimum Gasteiger partial charge on any atom is -0.487 e. The first-order valence-electron chi connectivity index (χ1n) is 8.69. The predicted octanol–water partition coefficient (Wildman–Crippen LogP) is 4.72. The maximum atomic E-state index is 12.3. The Morgan fingerprint density at radius 3 is 2.84 bits per heavy atom. The van der Waals surface area contributed by atoms with Crippen molar-refractivity contribution in [2.24, 2.45) is 0 Å². The summed E-state index contributed by atoms with van der Waals surface area (Å²) in [5.41, 5.74) is 1.86. The highest BCUT2D eigenvalue weighted by Crippen LogP contribution is 2.24. The molecule has 2 aromatic rings. The predicted molar refractivity (Wildman–Crippen MR) is 104 cm³/mol. The lowest BCUT2D eigenvalue weighted by atomic mass is 10.1. The van der Waals surface area contributed by atoms with Gasteiger partial charge < -0.3 is 10.1 Å². The molecule has 0 spiro atoms. The second-order valence-corrected chi connectivity index (χ2v) is 6.28. The monoisotopic (exact) mass is 360 g/mol. The third-order valence-corrected chi connectivity index (χ3v) is 4.23. The number of para-hydroxylation sites is 1. The van der Waals surface area contributed by atoms with E-state index in [0.717, 1.165) is 23.8 Å². The summed E-state index contributed by atoms with van der Waals surface area (Å²) in [6.07, 6.45) is 4.49. The zero-order valence-corrected chi connectivity index (χ0v) is 15.4. The molecule has 0 fully saturated rings. The van der Waals surface area contributed by atoms with Gasteiger partial charge in [0.05, 0.1) is 0 Å². The largest absolute Gasteiger partial charge is 0.487 e. The van der Waals surface area contributed by atoms with E-state index in [4.69, 9.17) is 16.3 Å². The second kappa shape index (κ2) is 10.0. The first-order chi connectivity index (χ1) is 12.2. The molecule has 0 atom stereocenters. The SMILES string of the molecule is C=C(CCl)COc1cccc2ccc(C(=O)NCCCCCC)nc12. The number of hydrogen-bond acceptors (Lipinski definition) is 3. The van der Waals surface area contributed by atoms with Gasteiger partial charge in [-0.15, -0.1) is 11.6 Å². The number of carbonyl (C=O) groups is 1. The maximum Gasteiger partial charge on any atom is 0.269 e. The third kappa shape index (κ3) is 5.75. The Morgan fingerprint density at radius 1 is 1.24 bits per heavy atom. The number of nitrogens with zero attached hydrogens (tertiary/aromatic N) is 1. The van der Waals surface area contributed by atoms with Crippen LogP contribution in [0.2, 0.25) is 0 Å². The van der Waals surface area contributed by atoms with E-state index in [0.29, 0.717) is 36.0 Å². The minimum absolute atomic E-state index is 0.154. The number of halogens is 1. The summed E-state index contributed by atoms with van der Waals surface area (Å²) in [5, 5.41) is 3.85. The molecular formula is C20H25ClN2O2. The van der Waals surface area contributed by atoms with Gasteiger partial charge in [0.1, 0.15) is 23.6 Å². The molecule has 0 bridgehead atoms. The van der Waals surface area contributed by atoms with Crippen LogP contribution >= 0.6 is 11.6 Å². The molecule has 1 amide bonds. The van der Waals surface area contributed by atoms with Gasteiger partial charge in [-0.05, 0) is 24.1 Å². The molecule has 4 nitrogen and oxygen atoms in total. The summed E-state index contributed by atoms with van der Waals surface area (Å²) >= 11 is 5.74. The molecule has 0 unspecified atom stereocenters. The Morgan fingerprint density at radius 2 is 2.08 bits per heavy atom.